The number of aromatic nitrogens is 1. The Balaban J connectivity index is 2.54. The van der Waals surface area contributed by atoms with Gasteiger partial charge in [0.1, 0.15) is 11.8 Å². The number of rotatable bonds is 2. The maximum Gasteiger partial charge on any atom is 0.176 e. The van der Waals surface area contributed by atoms with Crippen LogP contribution in [0.4, 0.5) is 0 Å². The first-order valence-electron chi connectivity index (χ1n) is 3.88. The summed E-state index contributed by atoms with van der Waals surface area (Å²) in [4.78, 5) is 11.2. The number of ketones is 1. The molecule has 1 heterocycles. The zero-order chi connectivity index (χ0) is 9.26. The molecular formula is C9H8N2O2. The monoisotopic (exact) mass is 176 g/mol. The van der Waals surface area contributed by atoms with Crippen LogP contribution in [0, 0.1) is 0 Å². The van der Waals surface area contributed by atoms with Gasteiger partial charge in [-0.3, -0.25) is 4.79 Å². The number of carbonyl (C=O) groups is 1. The molecule has 66 valence electrons. The molecule has 0 aliphatic carbocycles. The van der Waals surface area contributed by atoms with Crippen molar-refractivity contribution in [1.29, 1.82) is 0 Å². The average Bonchev–Trinajstić information content (AvgIpc) is 2.63. The Morgan fingerprint density at radius 1 is 1.54 bits per heavy atom. The molecule has 1 aromatic carbocycles. The van der Waals surface area contributed by atoms with Gasteiger partial charge in [-0.1, -0.05) is 11.2 Å². The molecule has 0 amide bonds. The molecule has 2 N–H and O–H groups in total. The fraction of sp³-hybridized carbons (Fsp3) is 0.111. The van der Waals surface area contributed by atoms with Gasteiger partial charge in [-0.05, 0) is 12.1 Å². The van der Waals surface area contributed by atoms with Crippen molar-refractivity contribution in [3.8, 4) is 0 Å². The van der Waals surface area contributed by atoms with E-state index in [4.69, 9.17) is 10.3 Å². The molecule has 2 rings (SSSR count). The molecule has 0 radical (unpaired) electrons. The van der Waals surface area contributed by atoms with Crippen LogP contribution in [0.25, 0.3) is 10.9 Å². The first-order valence-corrected chi connectivity index (χ1v) is 3.88. The lowest BCUT2D eigenvalue weighted by molar-refractivity contribution is 0.100. The topological polar surface area (TPSA) is 69.1 Å². The zero-order valence-corrected chi connectivity index (χ0v) is 6.86. The number of benzene rings is 1. The quantitative estimate of drug-likeness (QED) is 0.692. The summed E-state index contributed by atoms with van der Waals surface area (Å²) >= 11 is 0. The van der Waals surface area contributed by atoms with E-state index in [0.717, 1.165) is 5.39 Å². The van der Waals surface area contributed by atoms with Crippen LogP contribution < -0.4 is 5.73 Å². The fourth-order valence-corrected chi connectivity index (χ4v) is 1.15. The lowest BCUT2D eigenvalue weighted by atomic mass is 10.1. The van der Waals surface area contributed by atoms with Crippen LogP contribution in [0.5, 0.6) is 0 Å². The zero-order valence-electron chi connectivity index (χ0n) is 6.86. The van der Waals surface area contributed by atoms with Gasteiger partial charge in [0.15, 0.2) is 5.78 Å². The second-order valence-electron chi connectivity index (χ2n) is 2.72. The summed E-state index contributed by atoms with van der Waals surface area (Å²) in [6, 6.07) is 5.18. The number of hydrogen-bond donors (Lipinski definition) is 1. The summed E-state index contributed by atoms with van der Waals surface area (Å²) in [5.74, 6) is -0.0927. The van der Waals surface area contributed by atoms with E-state index in [1.807, 2.05) is 0 Å². The largest absolute Gasteiger partial charge is 0.364 e. The van der Waals surface area contributed by atoms with Crippen molar-refractivity contribution in [1.82, 2.24) is 5.16 Å². The Hall–Kier alpha value is -1.68. The Morgan fingerprint density at radius 3 is 3.15 bits per heavy atom. The Bertz CT molecular complexity index is 448. The third-order valence-electron chi connectivity index (χ3n) is 1.87. The van der Waals surface area contributed by atoms with Gasteiger partial charge in [0, 0.05) is 10.9 Å². The van der Waals surface area contributed by atoms with Crippen LogP contribution in [0.15, 0.2) is 29.0 Å². The molecule has 0 fully saturated rings. The van der Waals surface area contributed by atoms with Crippen LogP contribution in [0.3, 0.4) is 0 Å². The number of carbonyl (C=O) groups excluding carboxylic acids is 1. The highest BCUT2D eigenvalue weighted by atomic mass is 16.5. The van der Waals surface area contributed by atoms with E-state index in [1.54, 1.807) is 18.2 Å². The first-order chi connectivity index (χ1) is 6.31. The van der Waals surface area contributed by atoms with E-state index in [0.29, 0.717) is 11.1 Å². The smallest absolute Gasteiger partial charge is 0.176 e. The third kappa shape index (κ3) is 1.31. The number of nitrogens with zero attached hydrogens (tertiary/aromatic N) is 1. The van der Waals surface area contributed by atoms with E-state index < -0.39 is 0 Å². The van der Waals surface area contributed by atoms with Crippen LogP contribution in [-0.2, 0) is 0 Å². The molecule has 0 spiro atoms. The van der Waals surface area contributed by atoms with Gasteiger partial charge in [0.25, 0.3) is 0 Å². The maximum atomic E-state index is 11.2. The summed E-state index contributed by atoms with van der Waals surface area (Å²) in [6.07, 6.45) is 1.53. The number of hydrogen-bond acceptors (Lipinski definition) is 4. The minimum atomic E-state index is -0.0927. The van der Waals surface area contributed by atoms with Gasteiger partial charge in [0.2, 0.25) is 0 Å². The molecule has 0 aliphatic heterocycles. The highest BCUT2D eigenvalue weighted by Crippen LogP contribution is 2.14. The van der Waals surface area contributed by atoms with Crippen molar-refractivity contribution in [3.63, 3.8) is 0 Å². The Kier molecular flexibility index (Phi) is 1.83. The summed E-state index contributed by atoms with van der Waals surface area (Å²) in [5.41, 5.74) is 6.48. The van der Waals surface area contributed by atoms with E-state index in [1.165, 1.54) is 6.26 Å². The molecule has 0 saturated carbocycles. The Labute approximate surface area is 74.3 Å². The summed E-state index contributed by atoms with van der Waals surface area (Å²) in [6.45, 7) is 0.0172. The average molecular weight is 176 g/mol. The van der Waals surface area contributed by atoms with Gasteiger partial charge >= 0.3 is 0 Å². The van der Waals surface area contributed by atoms with Crippen LogP contribution in [-0.4, -0.2) is 17.5 Å². The van der Waals surface area contributed by atoms with E-state index in [9.17, 15) is 4.79 Å². The second kappa shape index (κ2) is 2.99. The third-order valence-corrected chi connectivity index (χ3v) is 1.87. The summed E-state index contributed by atoms with van der Waals surface area (Å²) < 4.78 is 4.74. The van der Waals surface area contributed by atoms with Gasteiger partial charge in [-0.15, -0.1) is 0 Å². The van der Waals surface area contributed by atoms with Gasteiger partial charge in [-0.25, -0.2) is 0 Å². The molecule has 13 heavy (non-hydrogen) atoms. The van der Waals surface area contributed by atoms with Crippen molar-refractivity contribution >= 4 is 16.7 Å². The molecule has 0 unspecified atom stereocenters. The van der Waals surface area contributed by atoms with Crippen LogP contribution in [0.2, 0.25) is 0 Å². The van der Waals surface area contributed by atoms with Gasteiger partial charge in [0.05, 0.1) is 6.54 Å². The van der Waals surface area contributed by atoms with E-state index >= 15 is 0 Å². The van der Waals surface area contributed by atoms with Crippen LogP contribution >= 0.6 is 0 Å². The van der Waals surface area contributed by atoms with Crippen molar-refractivity contribution < 1.29 is 9.32 Å². The van der Waals surface area contributed by atoms with Gasteiger partial charge < -0.3 is 10.3 Å². The highest BCUT2D eigenvalue weighted by Gasteiger charge is 2.05. The molecule has 4 heteroatoms. The van der Waals surface area contributed by atoms with Crippen molar-refractivity contribution in [3.05, 3.63) is 30.0 Å². The van der Waals surface area contributed by atoms with Gasteiger partial charge in [-0.2, -0.15) is 0 Å². The SMILES string of the molecule is NCC(=O)c1ccc2conc2c1. The number of Topliss-reactive ketones (excluding diaryl/α,β-unsaturated/α-hetero) is 1. The summed E-state index contributed by atoms with van der Waals surface area (Å²) in [5, 5.41) is 4.61. The minimum Gasteiger partial charge on any atom is -0.364 e. The molecule has 1 aromatic heterocycles. The minimum absolute atomic E-state index is 0.0172. The molecule has 0 atom stereocenters. The van der Waals surface area contributed by atoms with E-state index in [-0.39, 0.29) is 12.3 Å². The van der Waals surface area contributed by atoms with Crippen molar-refractivity contribution in [2.75, 3.05) is 6.54 Å². The molecule has 0 aliphatic rings. The lowest BCUT2D eigenvalue weighted by Gasteiger charge is -1.95. The second-order valence-corrected chi connectivity index (χ2v) is 2.72. The predicted octanol–water partition coefficient (Wildman–Crippen LogP) is 0.969. The molecule has 4 nitrogen and oxygen atoms in total. The van der Waals surface area contributed by atoms with Crippen molar-refractivity contribution in [2.24, 2.45) is 5.73 Å². The maximum absolute atomic E-state index is 11.2. The normalized spacial score (nSPS) is 10.5. The first kappa shape index (κ1) is 7.94. The van der Waals surface area contributed by atoms with Crippen LogP contribution in [0.1, 0.15) is 10.4 Å². The van der Waals surface area contributed by atoms with Crippen molar-refractivity contribution in [2.45, 2.75) is 0 Å². The fourth-order valence-electron chi connectivity index (χ4n) is 1.15. The summed E-state index contributed by atoms with van der Waals surface area (Å²) in [7, 11) is 0. The molecule has 0 bridgehead atoms. The predicted molar refractivity (Wildman–Crippen MR) is 47.4 cm³/mol. The number of nitrogens with two attached hydrogens (primary N) is 1. The molecule has 0 saturated heterocycles. The van der Waals surface area contributed by atoms with E-state index in [2.05, 4.69) is 5.16 Å². The Morgan fingerprint density at radius 2 is 2.38 bits per heavy atom. The molecule has 2 aromatic rings. The molecular weight excluding hydrogens is 168 g/mol. The highest BCUT2D eigenvalue weighted by molar-refractivity contribution is 6.00. The number of fused-ring (bicyclic) bond motifs is 1. The standard InChI is InChI=1S/C9H8N2O2/c10-4-9(12)6-1-2-7-5-13-11-8(7)3-6/h1-3,5H,4,10H2. The lowest BCUT2D eigenvalue weighted by Crippen LogP contribution is -2.13.